The Kier molecular flexibility index (Phi) is 6.53. The van der Waals surface area contributed by atoms with E-state index in [0.29, 0.717) is 6.54 Å². The van der Waals surface area contributed by atoms with Crippen molar-refractivity contribution in [2.75, 3.05) is 6.54 Å². The fraction of sp³-hybridized carbons (Fsp3) is 0.692. The van der Waals surface area contributed by atoms with Gasteiger partial charge in [0.1, 0.15) is 5.60 Å². The van der Waals surface area contributed by atoms with Gasteiger partial charge in [0.05, 0.1) is 0 Å². The van der Waals surface area contributed by atoms with E-state index in [1.165, 1.54) is 0 Å². The topological polar surface area (TPSA) is 46.2 Å². The third-order valence-corrected chi connectivity index (χ3v) is 3.16. The lowest BCUT2D eigenvalue weighted by atomic mass is 9.82. The van der Waals surface area contributed by atoms with Crippen LogP contribution in [0.3, 0.4) is 0 Å². The number of hydrogen-bond donors (Lipinski definition) is 2. The summed E-state index contributed by atoms with van der Waals surface area (Å²) in [5.41, 5.74) is 6.75. The van der Waals surface area contributed by atoms with Gasteiger partial charge in [-0.3, -0.25) is 0 Å². The Morgan fingerprint density at radius 3 is 1.93 bits per heavy atom. The number of nitrogens with two attached hydrogens (primary N) is 1. The molecule has 88 valence electrons. The highest BCUT2D eigenvalue weighted by molar-refractivity contribution is 5.29. The summed E-state index contributed by atoms with van der Waals surface area (Å²) >= 11 is 0. The molecule has 1 atom stereocenters. The van der Waals surface area contributed by atoms with Gasteiger partial charge in [0.2, 0.25) is 0 Å². The van der Waals surface area contributed by atoms with Crippen molar-refractivity contribution in [1.82, 2.24) is 0 Å². The SMILES string of the molecule is C/C=C(/C)C(O)(CCCCN)/C(C)=C/C. The van der Waals surface area contributed by atoms with Crippen molar-refractivity contribution < 1.29 is 5.11 Å². The van der Waals surface area contributed by atoms with E-state index in [0.717, 1.165) is 30.4 Å². The second-order valence-electron chi connectivity index (χ2n) is 4.05. The molecule has 1 unspecified atom stereocenters. The Balaban J connectivity index is 4.72. The standard InChI is InChI=1S/C13H25NO/c1-5-11(3)13(15,12(4)6-2)9-7-8-10-14/h5-6,15H,7-10,14H2,1-4H3/b11-5-,12-6+. The maximum absolute atomic E-state index is 10.6. The highest BCUT2D eigenvalue weighted by atomic mass is 16.3. The van der Waals surface area contributed by atoms with Crippen LogP contribution in [0.5, 0.6) is 0 Å². The van der Waals surface area contributed by atoms with E-state index in [1.807, 2.05) is 39.8 Å². The predicted molar refractivity (Wildman–Crippen MR) is 66.7 cm³/mol. The smallest absolute Gasteiger partial charge is 0.106 e. The summed E-state index contributed by atoms with van der Waals surface area (Å²) in [7, 11) is 0. The number of allylic oxidation sites excluding steroid dienone is 2. The Bertz CT molecular complexity index is 223. The quantitative estimate of drug-likeness (QED) is 0.524. The molecule has 0 saturated heterocycles. The molecule has 15 heavy (non-hydrogen) atoms. The summed E-state index contributed by atoms with van der Waals surface area (Å²) in [5.74, 6) is 0. The maximum atomic E-state index is 10.6. The second-order valence-corrected chi connectivity index (χ2v) is 4.05. The molecule has 0 aliphatic rings. The molecule has 2 heteroatoms. The molecular formula is C13H25NO. The first kappa shape index (κ1) is 14.4. The molecule has 0 aromatic rings. The van der Waals surface area contributed by atoms with Crippen LogP contribution in [0.25, 0.3) is 0 Å². The van der Waals surface area contributed by atoms with Gasteiger partial charge in [-0.15, -0.1) is 0 Å². The van der Waals surface area contributed by atoms with E-state index in [1.54, 1.807) is 0 Å². The zero-order valence-corrected chi connectivity index (χ0v) is 10.5. The molecule has 0 spiro atoms. The maximum Gasteiger partial charge on any atom is 0.106 e. The van der Waals surface area contributed by atoms with Crippen molar-refractivity contribution in [3.05, 3.63) is 23.3 Å². The second kappa shape index (κ2) is 6.81. The van der Waals surface area contributed by atoms with Gasteiger partial charge in [-0.05, 0) is 64.6 Å². The van der Waals surface area contributed by atoms with E-state index in [2.05, 4.69) is 0 Å². The molecule has 0 aliphatic carbocycles. The number of unbranched alkanes of at least 4 members (excludes halogenated alkanes) is 1. The van der Waals surface area contributed by atoms with E-state index >= 15 is 0 Å². The van der Waals surface area contributed by atoms with Crippen LogP contribution in [0.15, 0.2) is 23.3 Å². The van der Waals surface area contributed by atoms with Crippen molar-refractivity contribution in [3.8, 4) is 0 Å². The van der Waals surface area contributed by atoms with Crippen LogP contribution in [0.4, 0.5) is 0 Å². The van der Waals surface area contributed by atoms with E-state index in [4.69, 9.17) is 5.73 Å². The molecule has 0 bridgehead atoms. The molecule has 0 aromatic heterocycles. The molecule has 0 radical (unpaired) electrons. The molecule has 3 N–H and O–H groups in total. The number of aliphatic hydroxyl groups is 1. The van der Waals surface area contributed by atoms with Gasteiger partial charge in [-0.2, -0.15) is 0 Å². The van der Waals surface area contributed by atoms with Gasteiger partial charge in [-0.1, -0.05) is 12.2 Å². The predicted octanol–water partition coefficient (Wildman–Crippen LogP) is 2.78. The van der Waals surface area contributed by atoms with Gasteiger partial charge < -0.3 is 10.8 Å². The molecule has 0 heterocycles. The third kappa shape index (κ3) is 3.80. The van der Waals surface area contributed by atoms with Gasteiger partial charge in [0, 0.05) is 0 Å². The normalized spacial score (nSPS) is 17.7. The molecule has 0 rings (SSSR count). The lowest BCUT2D eigenvalue weighted by Crippen LogP contribution is -2.31. The highest BCUT2D eigenvalue weighted by Crippen LogP contribution is 2.30. The number of hydrogen-bond acceptors (Lipinski definition) is 2. The molecular weight excluding hydrogens is 186 g/mol. The van der Waals surface area contributed by atoms with Crippen molar-refractivity contribution in [2.45, 2.75) is 52.6 Å². The fourth-order valence-electron chi connectivity index (χ4n) is 1.71. The first-order chi connectivity index (χ1) is 7.02. The van der Waals surface area contributed by atoms with Gasteiger partial charge in [-0.25, -0.2) is 0 Å². The van der Waals surface area contributed by atoms with Crippen LogP contribution in [0.2, 0.25) is 0 Å². The van der Waals surface area contributed by atoms with Gasteiger partial charge in [0.15, 0.2) is 0 Å². The molecule has 0 amide bonds. The first-order valence-corrected chi connectivity index (χ1v) is 5.72. The first-order valence-electron chi connectivity index (χ1n) is 5.72. The van der Waals surface area contributed by atoms with Gasteiger partial charge in [0.25, 0.3) is 0 Å². The molecule has 0 saturated carbocycles. The molecule has 0 aliphatic heterocycles. The minimum Gasteiger partial charge on any atom is -0.381 e. The monoisotopic (exact) mass is 211 g/mol. The Morgan fingerprint density at radius 2 is 1.60 bits per heavy atom. The van der Waals surface area contributed by atoms with Crippen LogP contribution in [0, 0.1) is 0 Å². The molecule has 0 aromatic carbocycles. The molecule has 2 nitrogen and oxygen atoms in total. The summed E-state index contributed by atoms with van der Waals surface area (Å²) in [6.45, 7) is 8.59. The lowest BCUT2D eigenvalue weighted by molar-refractivity contribution is 0.103. The fourth-order valence-corrected chi connectivity index (χ4v) is 1.71. The van der Waals surface area contributed by atoms with Crippen LogP contribution >= 0.6 is 0 Å². The Hall–Kier alpha value is -0.600. The largest absolute Gasteiger partial charge is 0.381 e. The Labute approximate surface area is 93.9 Å². The minimum atomic E-state index is -0.765. The minimum absolute atomic E-state index is 0.694. The summed E-state index contributed by atoms with van der Waals surface area (Å²) in [4.78, 5) is 0. The summed E-state index contributed by atoms with van der Waals surface area (Å²) < 4.78 is 0. The van der Waals surface area contributed by atoms with Crippen molar-refractivity contribution in [2.24, 2.45) is 5.73 Å². The van der Waals surface area contributed by atoms with Crippen molar-refractivity contribution in [3.63, 3.8) is 0 Å². The summed E-state index contributed by atoms with van der Waals surface area (Å²) in [6.07, 6.45) is 6.65. The zero-order valence-electron chi connectivity index (χ0n) is 10.5. The van der Waals surface area contributed by atoms with Crippen LogP contribution in [0.1, 0.15) is 47.0 Å². The molecule has 0 fully saturated rings. The zero-order chi connectivity index (χ0) is 11.9. The van der Waals surface area contributed by atoms with Crippen LogP contribution in [-0.2, 0) is 0 Å². The Morgan fingerprint density at radius 1 is 1.13 bits per heavy atom. The van der Waals surface area contributed by atoms with E-state index in [9.17, 15) is 5.11 Å². The van der Waals surface area contributed by atoms with Crippen LogP contribution < -0.4 is 5.73 Å². The van der Waals surface area contributed by atoms with Gasteiger partial charge >= 0.3 is 0 Å². The average molecular weight is 211 g/mol. The van der Waals surface area contributed by atoms with Crippen molar-refractivity contribution >= 4 is 0 Å². The number of rotatable bonds is 6. The lowest BCUT2D eigenvalue weighted by Gasteiger charge is -2.30. The summed E-state index contributed by atoms with van der Waals surface area (Å²) in [6, 6.07) is 0. The highest BCUT2D eigenvalue weighted by Gasteiger charge is 2.29. The summed E-state index contributed by atoms with van der Waals surface area (Å²) in [5, 5.41) is 10.6. The van der Waals surface area contributed by atoms with Crippen molar-refractivity contribution in [1.29, 1.82) is 0 Å². The average Bonchev–Trinajstić information content (AvgIpc) is 2.26. The van der Waals surface area contributed by atoms with E-state index < -0.39 is 5.60 Å². The van der Waals surface area contributed by atoms with Crippen LogP contribution in [-0.4, -0.2) is 17.3 Å². The van der Waals surface area contributed by atoms with E-state index in [-0.39, 0.29) is 0 Å². The third-order valence-electron chi connectivity index (χ3n) is 3.16.